The Balaban J connectivity index is 3.14. The van der Waals surface area contributed by atoms with E-state index in [1.807, 2.05) is 13.8 Å². The van der Waals surface area contributed by atoms with Crippen LogP contribution in [0.25, 0.3) is 0 Å². The molecule has 0 spiro atoms. The molecule has 3 nitrogen and oxygen atoms in total. The van der Waals surface area contributed by atoms with E-state index in [0.29, 0.717) is 0 Å². The molecule has 0 fully saturated rings. The van der Waals surface area contributed by atoms with Gasteiger partial charge >= 0.3 is 0 Å². The maximum absolute atomic E-state index is 4.37. The third-order valence-electron chi connectivity index (χ3n) is 1.76. The Bertz CT molecular complexity index is 286. The van der Waals surface area contributed by atoms with Gasteiger partial charge in [-0.25, -0.2) is 4.98 Å². The number of hydrogen-bond donors (Lipinski definition) is 0. The van der Waals surface area contributed by atoms with E-state index >= 15 is 0 Å². The highest BCUT2D eigenvalue weighted by molar-refractivity contribution is 5.09. The lowest BCUT2D eigenvalue weighted by molar-refractivity contribution is 0.528. The van der Waals surface area contributed by atoms with Gasteiger partial charge < -0.3 is 0 Å². The van der Waals surface area contributed by atoms with Crippen molar-refractivity contribution in [3.63, 3.8) is 0 Å². The minimum atomic E-state index is -0.00847. The van der Waals surface area contributed by atoms with Crippen molar-refractivity contribution in [3.8, 4) is 0 Å². The first kappa shape index (κ1) is 9.10. The van der Waals surface area contributed by atoms with Gasteiger partial charge in [0.05, 0.1) is 11.4 Å². The van der Waals surface area contributed by atoms with Crippen molar-refractivity contribution >= 4 is 0 Å². The number of hydrogen-bond acceptors (Lipinski definition) is 3. The lowest BCUT2D eigenvalue weighted by Crippen LogP contribution is -2.18. The van der Waals surface area contributed by atoms with Crippen molar-refractivity contribution in [2.75, 3.05) is 0 Å². The van der Waals surface area contributed by atoms with E-state index in [1.165, 1.54) is 0 Å². The second kappa shape index (κ2) is 2.81. The van der Waals surface area contributed by atoms with Gasteiger partial charge in [0.15, 0.2) is 5.82 Å². The Hall–Kier alpha value is -0.990. The zero-order valence-corrected chi connectivity index (χ0v) is 8.34. The van der Waals surface area contributed by atoms with E-state index in [9.17, 15) is 0 Å². The Morgan fingerprint density at radius 3 is 1.92 bits per heavy atom. The van der Waals surface area contributed by atoms with E-state index in [1.54, 1.807) is 0 Å². The predicted octanol–water partition coefficient (Wildman–Crippen LogP) is 1.79. The van der Waals surface area contributed by atoms with Gasteiger partial charge in [0, 0.05) is 5.41 Å². The topological polar surface area (TPSA) is 38.7 Å². The molecule has 12 heavy (non-hydrogen) atoms. The zero-order valence-electron chi connectivity index (χ0n) is 8.34. The highest BCUT2D eigenvalue weighted by atomic mass is 15.2. The van der Waals surface area contributed by atoms with Crippen LogP contribution in [0.5, 0.6) is 0 Å². The predicted molar refractivity (Wildman–Crippen MR) is 48.0 cm³/mol. The average Bonchev–Trinajstić information content (AvgIpc) is 1.92. The fourth-order valence-electron chi connectivity index (χ4n) is 0.775. The van der Waals surface area contributed by atoms with Crippen LogP contribution < -0.4 is 0 Å². The summed E-state index contributed by atoms with van der Waals surface area (Å²) >= 11 is 0. The van der Waals surface area contributed by atoms with Crippen molar-refractivity contribution in [2.45, 2.75) is 40.0 Å². The number of aryl methyl sites for hydroxylation is 2. The summed E-state index contributed by atoms with van der Waals surface area (Å²) in [6, 6.07) is 0. The first-order chi connectivity index (χ1) is 5.41. The molecule has 0 saturated heterocycles. The van der Waals surface area contributed by atoms with Gasteiger partial charge in [-0.2, -0.15) is 5.10 Å². The van der Waals surface area contributed by atoms with Crippen LogP contribution in [0.3, 0.4) is 0 Å². The van der Waals surface area contributed by atoms with Gasteiger partial charge in [0.2, 0.25) is 0 Å². The zero-order chi connectivity index (χ0) is 9.35. The molecule has 0 aromatic carbocycles. The van der Waals surface area contributed by atoms with E-state index in [0.717, 1.165) is 17.2 Å². The van der Waals surface area contributed by atoms with Crippen molar-refractivity contribution in [1.29, 1.82) is 0 Å². The van der Waals surface area contributed by atoms with E-state index in [-0.39, 0.29) is 5.41 Å². The molecule has 1 heterocycles. The molecule has 0 aliphatic heterocycles. The largest absolute Gasteiger partial charge is 0.234 e. The lowest BCUT2D eigenvalue weighted by atomic mass is 9.96. The van der Waals surface area contributed by atoms with Crippen molar-refractivity contribution in [3.05, 3.63) is 17.2 Å². The first-order valence-electron chi connectivity index (χ1n) is 4.09. The summed E-state index contributed by atoms with van der Waals surface area (Å²) < 4.78 is 0. The molecule has 0 N–H and O–H groups in total. The summed E-state index contributed by atoms with van der Waals surface area (Å²) in [6.45, 7) is 10.1. The summed E-state index contributed by atoms with van der Waals surface area (Å²) in [5.74, 6) is 0.811. The smallest absolute Gasteiger partial charge is 0.156 e. The SMILES string of the molecule is Cc1nnc(C(C)(C)C)nc1C. The Kier molecular flexibility index (Phi) is 2.13. The molecule has 1 aromatic heterocycles. The van der Waals surface area contributed by atoms with E-state index < -0.39 is 0 Å². The van der Waals surface area contributed by atoms with Crippen molar-refractivity contribution in [1.82, 2.24) is 15.2 Å². The summed E-state index contributed by atoms with van der Waals surface area (Å²) in [7, 11) is 0. The summed E-state index contributed by atoms with van der Waals surface area (Å²) in [5, 5.41) is 8.08. The van der Waals surface area contributed by atoms with Gasteiger partial charge in [-0.1, -0.05) is 20.8 Å². The highest BCUT2D eigenvalue weighted by Gasteiger charge is 2.18. The molecule has 0 aliphatic rings. The normalized spacial score (nSPS) is 11.8. The molecule has 1 rings (SSSR count). The van der Waals surface area contributed by atoms with Crippen LogP contribution in [0.4, 0.5) is 0 Å². The molecule has 0 unspecified atom stereocenters. The van der Waals surface area contributed by atoms with Gasteiger partial charge in [-0.15, -0.1) is 5.10 Å². The van der Waals surface area contributed by atoms with Gasteiger partial charge in [-0.3, -0.25) is 0 Å². The molecule has 0 saturated carbocycles. The molecule has 1 aromatic rings. The summed E-state index contributed by atoms with van der Waals surface area (Å²) in [6.07, 6.45) is 0. The average molecular weight is 165 g/mol. The third kappa shape index (κ3) is 1.78. The molecule has 3 heteroatoms. The molecule has 0 bridgehead atoms. The van der Waals surface area contributed by atoms with E-state index in [2.05, 4.69) is 36.0 Å². The van der Waals surface area contributed by atoms with Gasteiger partial charge in [-0.05, 0) is 13.8 Å². The van der Waals surface area contributed by atoms with Crippen LogP contribution in [0.2, 0.25) is 0 Å². The van der Waals surface area contributed by atoms with Crippen LogP contribution in [0.1, 0.15) is 38.0 Å². The van der Waals surface area contributed by atoms with Crippen LogP contribution in [-0.2, 0) is 5.41 Å². The molecule has 0 radical (unpaired) electrons. The van der Waals surface area contributed by atoms with E-state index in [4.69, 9.17) is 0 Å². The molecule has 0 atom stereocenters. The van der Waals surface area contributed by atoms with Crippen LogP contribution in [0.15, 0.2) is 0 Å². The second-order valence-corrected chi connectivity index (χ2v) is 4.06. The maximum atomic E-state index is 4.37. The molecular weight excluding hydrogens is 150 g/mol. The van der Waals surface area contributed by atoms with Crippen LogP contribution in [-0.4, -0.2) is 15.2 Å². The fourth-order valence-corrected chi connectivity index (χ4v) is 0.775. The van der Waals surface area contributed by atoms with Crippen molar-refractivity contribution < 1.29 is 0 Å². The van der Waals surface area contributed by atoms with Crippen LogP contribution >= 0.6 is 0 Å². The minimum absolute atomic E-state index is 0.00847. The number of nitrogens with zero attached hydrogens (tertiary/aromatic N) is 3. The fraction of sp³-hybridized carbons (Fsp3) is 0.667. The number of aromatic nitrogens is 3. The summed E-state index contributed by atoms with van der Waals surface area (Å²) in [5.41, 5.74) is 1.86. The van der Waals surface area contributed by atoms with Crippen molar-refractivity contribution in [2.24, 2.45) is 0 Å². The van der Waals surface area contributed by atoms with Gasteiger partial charge in [0.1, 0.15) is 0 Å². The minimum Gasteiger partial charge on any atom is -0.234 e. The van der Waals surface area contributed by atoms with Gasteiger partial charge in [0.25, 0.3) is 0 Å². The third-order valence-corrected chi connectivity index (χ3v) is 1.76. The molecular formula is C9H15N3. The van der Waals surface area contributed by atoms with Crippen LogP contribution in [0, 0.1) is 13.8 Å². The second-order valence-electron chi connectivity index (χ2n) is 4.06. The molecule has 66 valence electrons. The lowest BCUT2D eigenvalue weighted by Gasteiger charge is -2.15. The number of rotatable bonds is 0. The Morgan fingerprint density at radius 2 is 1.50 bits per heavy atom. The first-order valence-corrected chi connectivity index (χ1v) is 4.09. The summed E-state index contributed by atoms with van der Waals surface area (Å²) in [4.78, 5) is 4.37. The highest BCUT2D eigenvalue weighted by Crippen LogP contribution is 2.17. The monoisotopic (exact) mass is 165 g/mol. The Morgan fingerprint density at radius 1 is 0.917 bits per heavy atom. The molecule has 0 aliphatic carbocycles. The standard InChI is InChI=1S/C9H15N3/c1-6-7(2)11-12-8(10-6)9(3,4)5/h1-5H3. The quantitative estimate of drug-likeness (QED) is 0.588. The maximum Gasteiger partial charge on any atom is 0.156 e. The molecule has 0 amide bonds. The Labute approximate surface area is 73.2 Å².